The first kappa shape index (κ1) is 25.7. The van der Waals surface area contributed by atoms with Gasteiger partial charge >= 0.3 is 5.97 Å². The molecule has 1 aliphatic rings. The van der Waals surface area contributed by atoms with Crippen LogP contribution in [0.2, 0.25) is 0 Å². The van der Waals surface area contributed by atoms with E-state index in [4.69, 9.17) is 9.47 Å². The van der Waals surface area contributed by atoms with Crippen LogP contribution in [0.3, 0.4) is 0 Å². The van der Waals surface area contributed by atoms with Gasteiger partial charge in [-0.25, -0.2) is 4.79 Å². The van der Waals surface area contributed by atoms with E-state index < -0.39 is 0 Å². The SMILES string of the molecule is CCc1cc2cc(C(=O)OC(C)C)ccn2c1C(=O)c1ccc(CCCC2(OC=O)CCCC2)cc1. The van der Waals surface area contributed by atoms with Crippen molar-refractivity contribution in [1.82, 2.24) is 4.40 Å². The first-order valence-corrected chi connectivity index (χ1v) is 13.0. The summed E-state index contributed by atoms with van der Waals surface area (Å²) in [5, 5.41) is 0. The van der Waals surface area contributed by atoms with Crippen LogP contribution in [-0.4, -0.2) is 34.3 Å². The van der Waals surface area contributed by atoms with E-state index in [0.29, 0.717) is 29.7 Å². The van der Waals surface area contributed by atoms with Gasteiger partial charge in [-0.05, 0) is 94.5 Å². The van der Waals surface area contributed by atoms with Crippen LogP contribution in [-0.2, 0) is 27.1 Å². The zero-order valence-corrected chi connectivity index (χ0v) is 21.4. The van der Waals surface area contributed by atoms with E-state index in [1.807, 2.05) is 55.5 Å². The second-order valence-corrected chi connectivity index (χ2v) is 10.0. The molecule has 6 nitrogen and oxygen atoms in total. The number of aryl methyl sites for hydroxylation is 2. The van der Waals surface area contributed by atoms with Crippen LogP contribution in [0.15, 0.2) is 48.7 Å². The third kappa shape index (κ3) is 5.53. The predicted molar refractivity (Wildman–Crippen MR) is 138 cm³/mol. The monoisotopic (exact) mass is 489 g/mol. The summed E-state index contributed by atoms with van der Waals surface area (Å²) < 4.78 is 12.6. The third-order valence-electron chi connectivity index (χ3n) is 7.15. The Labute approximate surface area is 212 Å². The van der Waals surface area contributed by atoms with Crippen LogP contribution < -0.4 is 0 Å². The molecule has 0 saturated heterocycles. The van der Waals surface area contributed by atoms with E-state index in [-0.39, 0.29) is 23.5 Å². The fourth-order valence-corrected chi connectivity index (χ4v) is 5.29. The van der Waals surface area contributed by atoms with Crippen molar-refractivity contribution in [2.75, 3.05) is 0 Å². The topological polar surface area (TPSA) is 74.1 Å². The van der Waals surface area contributed by atoms with Gasteiger partial charge in [0.05, 0.1) is 17.4 Å². The van der Waals surface area contributed by atoms with Gasteiger partial charge in [0, 0.05) is 17.3 Å². The summed E-state index contributed by atoms with van der Waals surface area (Å²) in [5.74, 6) is -0.410. The van der Waals surface area contributed by atoms with Gasteiger partial charge in [-0.3, -0.25) is 9.59 Å². The van der Waals surface area contributed by atoms with Crippen molar-refractivity contribution in [2.45, 2.75) is 83.8 Å². The van der Waals surface area contributed by atoms with Gasteiger partial charge in [-0.1, -0.05) is 31.2 Å². The predicted octanol–water partition coefficient (Wildman–Crippen LogP) is 6.11. The van der Waals surface area contributed by atoms with Crippen molar-refractivity contribution in [2.24, 2.45) is 0 Å². The first-order chi connectivity index (χ1) is 17.4. The van der Waals surface area contributed by atoms with Crippen molar-refractivity contribution in [3.8, 4) is 0 Å². The second-order valence-electron chi connectivity index (χ2n) is 10.0. The molecule has 2 aromatic heterocycles. The summed E-state index contributed by atoms with van der Waals surface area (Å²) in [5.41, 5.74) is 4.34. The molecule has 0 radical (unpaired) electrons. The minimum Gasteiger partial charge on any atom is -0.461 e. The van der Waals surface area contributed by atoms with Gasteiger partial charge in [0.25, 0.3) is 6.47 Å². The number of fused-ring (bicyclic) bond motifs is 1. The molecule has 1 aromatic carbocycles. The molecule has 0 unspecified atom stereocenters. The van der Waals surface area contributed by atoms with Gasteiger partial charge in [-0.2, -0.15) is 0 Å². The van der Waals surface area contributed by atoms with Gasteiger partial charge in [0.1, 0.15) is 5.60 Å². The Hall–Kier alpha value is -3.41. The fraction of sp³-hybridized carbons (Fsp3) is 0.433. The molecule has 1 aliphatic carbocycles. The van der Waals surface area contributed by atoms with Gasteiger partial charge in [0.15, 0.2) is 0 Å². The maximum atomic E-state index is 13.5. The summed E-state index contributed by atoms with van der Waals surface area (Å²) in [6.45, 7) is 6.26. The highest BCUT2D eigenvalue weighted by Crippen LogP contribution is 2.37. The number of hydrogen-bond acceptors (Lipinski definition) is 5. The first-order valence-electron chi connectivity index (χ1n) is 13.0. The van der Waals surface area contributed by atoms with Crippen LogP contribution >= 0.6 is 0 Å². The summed E-state index contributed by atoms with van der Waals surface area (Å²) in [6.07, 6.45) is 9.09. The average molecular weight is 490 g/mol. The van der Waals surface area contributed by atoms with Gasteiger partial charge in [-0.15, -0.1) is 0 Å². The highest BCUT2D eigenvalue weighted by Gasteiger charge is 2.35. The summed E-state index contributed by atoms with van der Waals surface area (Å²) >= 11 is 0. The Morgan fingerprint density at radius 3 is 2.42 bits per heavy atom. The molecule has 1 saturated carbocycles. The van der Waals surface area contributed by atoms with Crippen molar-refractivity contribution >= 4 is 23.7 Å². The fourth-order valence-electron chi connectivity index (χ4n) is 5.29. The smallest absolute Gasteiger partial charge is 0.338 e. The number of benzene rings is 1. The number of esters is 1. The largest absolute Gasteiger partial charge is 0.461 e. The molecule has 1 fully saturated rings. The zero-order chi connectivity index (χ0) is 25.7. The normalized spacial score (nSPS) is 14.8. The van der Waals surface area contributed by atoms with Crippen molar-refractivity contribution in [3.05, 3.63) is 76.6 Å². The lowest BCUT2D eigenvalue weighted by atomic mass is 9.93. The van der Waals surface area contributed by atoms with Crippen LogP contribution in [0.1, 0.15) is 96.8 Å². The van der Waals surface area contributed by atoms with Gasteiger partial charge < -0.3 is 13.9 Å². The quantitative estimate of drug-likeness (QED) is 0.185. The van der Waals surface area contributed by atoms with E-state index in [1.165, 1.54) is 0 Å². The molecule has 2 heterocycles. The number of nitrogens with zero attached hydrogens (tertiary/aromatic N) is 1. The molecule has 4 rings (SSSR count). The minimum absolute atomic E-state index is 0.0415. The lowest BCUT2D eigenvalue weighted by Crippen LogP contribution is -2.28. The number of carbonyl (C=O) groups is 3. The number of pyridine rings is 1. The second kappa shape index (κ2) is 11.1. The Balaban J connectivity index is 1.48. The van der Waals surface area contributed by atoms with Crippen LogP contribution in [0.4, 0.5) is 0 Å². The summed E-state index contributed by atoms with van der Waals surface area (Å²) in [4.78, 5) is 36.8. The Morgan fingerprint density at radius 2 is 1.78 bits per heavy atom. The third-order valence-corrected chi connectivity index (χ3v) is 7.15. The molecule has 6 heteroatoms. The highest BCUT2D eigenvalue weighted by molar-refractivity contribution is 6.09. The number of rotatable bonds is 11. The van der Waals surface area contributed by atoms with E-state index in [0.717, 1.165) is 61.6 Å². The number of aromatic nitrogens is 1. The Kier molecular flexibility index (Phi) is 7.92. The van der Waals surface area contributed by atoms with Crippen LogP contribution in [0, 0.1) is 0 Å². The zero-order valence-electron chi connectivity index (χ0n) is 21.4. The molecule has 0 spiro atoms. The number of ketones is 1. The number of carbonyl (C=O) groups excluding carboxylic acids is 3. The van der Waals surface area contributed by atoms with Crippen molar-refractivity contribution < 1.29 is 23.9 Å². The standard InChI is InChI=1S/C30H35NO5/c1-4-23-18-26-19-25(29(34)36-21(2)3)13-17-31(26)27(23)28(33)24-11-9-22(10-12-24)8-7-16-30(35-20-32)14-5-6-15-30/h9-13,17-21H,4-8,14-16H2,1-3H3. The number of hydrogen-bond donors (Lipinski definition) is 0. The lowest BCUT2D eigenvalue weighted by molar-refractivity contribution is -0.143. The molecule has 0 amide bonds. The minimum atomic E-state index is -0.369. The molecular formula is C30H35NO5. The molecule has 0 N–H and O–H groups in total. The van der Waals surface area contributed by atoms with E-state index in [2.05, 4.69) is 0 Å². The van der Waals surface area contributed by atoms with Crippen LogP contribution in [0.5, 0.6) is 0 Å². The lowest BCUT2D eigenvalue weighted by Gasteiger charge is -2.26. The molecule has 3 aromatic rings. The van der Waals surface area contributed by atoms with Crippen molar-refractivity contribution in [3.63, 3.8) is 0 Å². The highest BCUT2D eigenvalue weighted by atomic mass is 16.5. The average Bonchev–Trinajstić information content (AvgIpc) is 3.48. The van der Waals surface area contributed by atoms with E-state index >= 15 is 0 Å². The summed E-state index contributed by atoms with van der Waals surface area (Å²) in [7, 11) is 0. The Bertz CT molecular complexity index is 1230. The van der Waals surface area contributed by atoms with Gasteiger partial charge in [0.2, 0.25) is 5.78 Å². The molecule has 190 valence electrons. The maximum Gasteiger partial charge on any atom is 0.338 e. The molecule has 0 aliphatic heterocycles. The molecule has 0 bridgehead atoms. The molecule has 36 heavy (non-hydrogen) atoms. The van der Waals surface area contributed by atoms with E-state index in [1.54, 1.807) is 18.3 Å². The summed E-state index contributed by atoms with van der Waals surface area (Å²) in [6, 6.07) is 13.2. The molecular weight excluding hydrogens is 454 g/mol. The van der Waals surface area contributed by atoms with E-state index in [9.17, 15) is 14.4 Å². The van der Waals surface area contributed by atoms with Crippen LogP contribution in [0.25, 0.3) is 5.52 Å². The number of ether oxygens (including phenoxy) is 2. The van der Waals surface area contributed by atoms with Crippen molar-refractivity contribution in [1.29, 1.82) is 0 Å². The Morgan fingerprint density at radius 1 is 1.06 bits per heavy atom. The maximum absolute atomic E-state index is 13.5. The molecule has 0 atom stereocenters.